The molecule has 0 bridgehead atoms. The van der Waals surface area contributed by atoms with E-state index >= 15 is 0 Å². The van der Waals surface area contributed by atoms with Gasteiger partial charge in [0.2, 0.25) is 5.91 Å². The Hall–Kier alpha value is -1.06. The Morgan fingerprint density at radius 1 is 1.16 bits per heavy atom. The van der Waals surface area contributed by atoms with Crippen LogP contribution in [-0.4, -0.2) is 24.5 Å². The van der Waals surface area contributed by atoms with Crippen molar-refractivity contribution in [1.82, 2.24) is 10.6 Å². The fraction of sp³-hybridized carbons (Fsp3) is 0.533. The van der Waals surface area contributed by atoms with Crippen molar-refractivity contribution in [3.8, 4) is 0 Å². The summed E-state index contributed by atoms with van der Waals surface area (Å²) in [6, 6.07) is 8.80. The summed E-state index contributed by atoms with van der Waals surface area (Å²) in [6.07, 6.45) is 5.30. The van der Waals surface area contributed by atoms with E-state index in [2.05, 4.69) is 34.9 Å². The zero-order valence-electron chi connectivity index (χ0n) is 11.0. The Balaban J connectivity index is 0.00000133. The maximum Gasteiger partial charge on any atom is 0.237 e. The molecule has 0 saturated carbocycles. The van der Waals surface area contributed by atoms with Crippen molar-refractivity contribution in [1.29, 1.82) is 0 Å². The van der Waals surface area contributed by atoms with Gasteiger partial charge < -0.3 is 10.6 Å². The normalized spacial score (nSPS) is 22.4. The fourth-order valence-electron chi connectivity index (χ4n) is 3.04. The van der Waals surface area contributed by atoms with E-state index < -0.39 is 0 Å². The Labute approximate surface area is 120 Å². The number of hydrogen-bond donors (Lipinski definition) is 2. The minimum atomic E-state index is 0. The van der Waals surface area contributed by atoms with E-state index in [0.717, 1.165) is 32.2 Å². The average molecular weight is 281 g/mol. The molecule has 1 heterocycles. The van der Waals surface area contributed by atoms with Crippen LogP contribution in [0, 0.1) is 0 Å². The van der Waals surface area contributed by atoms with E-state index in [9.17, 15) is 4.79 Å². The second-order valence-electron chi connectivity index (χ2n) is 5.38. The molecule has 0 radical (unpaired) electrons. The highest BCUT2D eigenvalue weighted by Gasteiger charge is 2.26. The molecule has 0 unspecified atom stereocenters. The molecule has 19 heavy (non-hydrogen) atoms. The van der Waals surface area contributed by atoms with Crippen LogP contribution in [0.1, 0.15) is 30.4 Å². The SMILES string of the molecule is Cl.O=C(NC1Cc2ccccc2C1)[C@H]1CCCCN1. The molecule has 2 N–H and O–H groups in total. The standard InChI is InChI=1S/C15H20N2O.ClH/c18-15(14-7-3-4-8-16-14)17-13-9-11-5-1-2-6-12(11)10-13;/h1-2,5-6,13-14,16H,3-4,7-10H2,(H,17,18);1H/t14-;/m1./s1. The summed E-state index contributed by atoms with van der Waals surface area (Å²) in [5.74, 6) is 0.188. The lowest BCUT2D eigenvalue weighted by atomic mass is 10.0. The number of carbonyl (C=O) groups excluding carboxylic acids is 1. The molecule has 104 valence electrons. The maximum atomic E-state index is 12.1. The lowest BCUT2D eigenvalue weighted by Crippen LogP contribution is -2.49. The lowest BCUT2D eigenvalue weighted by molar-refractivity contribution is -0.124. The van der Waals surface area contributed by atoms with Gasteiger partial charge in [0, 0.05) is 6.04 Å². The molecule has 3 rings (SSSR count). The van der Waals surface area contributed by atoms with Crippen LogP contribution in [0.25, 0.3) is 0 Å². The van der Waals surface area contributed by atoms with Crippen molar-refractivity contribution in [3.05, 3.63) is 35.4 Å². The van der Waals surface area contributed by atoms with Crippen molar-refractivity contribution in [2.24, 2.45) is 0 Å². The zero-order valence-corrected chi connectivity index (χ0v) is 11.8. The van der Waals surface area contributed by atoms with Crippen LogP contribution in [-0.2, 0) is 17.6 Å². The Kier molecular flexibility index (Phi) is 4.83. The number of hydrogen-bond acceptors (Lipinski definition) is 2. The Morgan fingerprint density at radius 3 is 2.42 bits per heavy atom. The van der Waals surface area contributed by atoms with E-state index in [1.807, 2.05) is 0 Å². The van der Waals surface area contributed by atoms with Crippen molar-refractivity contribution < 1.29 is 4.79 Å². The molecule has 1 aliphatic carbocycles. The molecule has 4 heteroatoms. The average Bonchev–Trinajstić information content (AvgIpc) is 2.82. The first-order chi connectivity index (χ1) is 8.83. The monoisotopic (exact) mass is 280 g/mol. The third-order valence-electron chi connectivity index (χ3n) is 4.02. The van der Waals surface area contributed by atoms with Crippen LogP contribution in [0.3, 0.4) is 0 Å². The second kappa shape index (κ2) is 6.40. The van der Waals surface area contributed by atoms with Gasteiger partial charge in [-0.25, -0.2) is 0 Å². The summed E-state index contributed by atoms with van der Waals surface area (Å²) in [5, 5.41) is 6.50. The molecule has 1 aromatic rings. The number of nitrogens with one attached hydrogen (secondary N) is 2. The number of benzene rings is 1. The van der Waals surface area contributed by atoms with Gasteiger partial charge in [-0.15, -0.1) is 12.4 Å². The molecule has 1 aliphatic heterocycles. The van der Waals surface area contributed by atoms with Crippen LogP contribution in [0.4, 0.5) is 0 Å². The fourth-order valence-corrected chi connectivity index (χ4v) is 3.04. The minimum absolute atomic E-state index is 0. The van der Waals surface area contributed by atoms with Gasteiger partial charge in [-0.3, -0.25) is 4.79 Å². The third-order valence-corrected chi connectivity index (χ3v) is 4.02. The summed E-state index contributed by atoms with van der Waals surface area (Å²) < 4.78 is 0. The van der Waals surface area contributed by atoms with E-state index in [4.69, 9.17) is 0 Å². The first-order valence-corrected chi connectivity index (χ1v) is 6.93. The number of fused-ring (bicyclic) bond motifs is 1. The van der Waals surface area contributed by atoms with E-state index in [-0.39, 0.29) is 24.4 Å². The van der Waals surface area contributed by atoms with E-state index in [0.29, 0.717) is 6.04 Å². The molecular weight excluding hydrogens is 260 g/mol. The first-order valence-electron chi connectivity index (χ1n) is 6.93. The number of amides is 1. The van der Waals surface area contributed by atoms with Crippen LogP contribution in [0.2, 0.25) is 0 Å². The van der Waals surface area contributed by atoms with Crippen molar-refractivity contribution >= 4 is 18.3 Å². The predicted octanol–water partition coefficient (Wildman–Crippen LogP) is 1.83. The van der Waals surface area contributed by atoms with Crippen molar-refractivity contribution in [2.45, 2.75) is 44.2 Å². The topological polar surface area (TPSA) is 41.1 Å². The number of halogens is 1. The highest BCUT2D eigenvalue weighted by atomic mass is 35.5. The molecular formula is C15H21ClN2O. The molecule has 1 aromatic carbocycles. The molecule has 2 aliphatic rings. The molecule has 1 fully saturated rings. The van der Waals surface area contributed by atoms with Gasteiger partial charge in [0.1, 0.15) is 0 Å². The largest absolute Gasteiger partial charge is 0.351 e. The molecule has 1 saturated heterocycles. The van der Waals surface area contributed by atoms with Crippen molar-refractivity contribution in [3.63, 3.8) is 0 Å². The quantitative estimate of drug-likeness (QED) is 0.868. The van der Waals surface area contributed by atoms with Gasteiger partial charge in [0.25, 0.3) is 0 Å². The van der Waals surface area contributed by atoms with E-state index in [1.165, 1.54) is 17.5 Å². The van der Waals surface area contributed by atoms with Gasteiger partial charge in [-0.05, 0) is 43.4 Å². The highest BCUT2D eigenvalue weighted by molar-refractivity contribution is 5.85. The van der Waals surface area contributed by atoms with Crippen molar-refractivity contribution in [2.75, 3.05) is 6.54 Å². The summed E-state index contributed by atoms with van der Waals surface area (Å²) in [4.78, 5) is 12.1. The van der Waals surface area contributed by atoms with Crippen LogP contribution in [0.5, 0.6) is 0 Å². The minimum Gasteiger partial charge on any atom is -0.351 e. The van der Waals surface area contributed by atoms with Gasteiger partial charge in [0.15, 0.2) is 0 Å². The molecule has 3 nitrogen and oxygen atoms in total. The lowest BCUT2D eigenvalue weighted by Gasteiger charge is -2.24. The van der Waals surface area contributed by atoms with Gasteiger partial charge in [-0.1, -0.05) is 30.7 Å². The molecule has 0 aromatic heterocycles. The molecule has 1 atom stereocenters. The predicted molar refractivity (Wildman–Crippen MR) is 78.7 cm³/mol. The van der Waals surface area contributed by atoms with Crippen LogP contribution < -0.4 is 10.6 Å². The summed E-state index contributed by atoms with van der Waals surface area (Å²) in [7, 11) is 0. The number of piperidine rings is 1. The van der Waals surface area contributed by atoms with Gasteiger partial charge >= 0.3 is 0 Å². The summed E-state index contributed by atoms with van der Waals surface area (Å²) >= 11 is 0. The Morgan fingerprint density at radius 2 is 1.84 bits per heavy atom. The van der Waals surface area contributed by atoms with Gasteiger partial charge in [-0.2, -0.15) is 0 Å². The van der Waals surface area contributed by atoms with E-state index in [1.54, 1.807) is 0 Å². The summed E-state index contributed by atoms with van der Waals surface area (Å²) in [5.41, 5.74) is 2.78. The molecule has 0 spiro atoms. The van der Waals surface area contributed by atoms with Crippen LogP contribution >= 0.6 is 12.4 Å². The second-order valence-corrected chi connectivity index (χ2v) is 5.38. The third kappa shape index (κ3) is 3.28. The number of rotatable bonds is 2. The maximum absolute atomic E-state index is 12.1. The highest BCUT2D eigenvalue weighted by Crippen LogP contribution is 2.21. The first kappa shape index (κ1) is 14.4. The van der Waals surface area contributed by atoms with Crippen LogP contribution in [0.15, 0.2) is 24.3 Å². The Bertz CT molecular complexity index is 419. The van der Waals surface area contributed by atoms with Gasteiger partial charge in [0.05, 0.1) is 6.04 Å². The molecule has 1 amide bonds. The summed E-state index contributed by atoms with van der Waals surface area (Å²) in [6.45, 7) is 0.975. The smallest absolute Gasteiger partial charge is 0.237 e. The zero-order chi connectivity index (χ0) is 12.4. The number of carbonyl (C=O) groups is 1.